The van der Waals surface area contributed by atoms with Crippen molar-refractivity contribution in [3.8, 4) is 55.6 Å². The first kappa shape index (κ1) is 31.7. The maximum Gasteiger partial charge on any atom is 0.0543 e. The molecule has 0 saturated heterocycles. The lowest BCUT2D eigenvalue weighted by Gasteiger charge is -2.29. The lowest BCUT2D eigenvalue weighted by atomic mass is 9.92. The van der Waals surface area contributed by atoms with Crippen LogP contribution in [0.5, 0.6) is 0 Å². The standard InChI is InChI=1S/C53H37N/c1-4-12-37(13-5-1)39-20-22-40(23-21-39)42-28-32-47(33-29-42)54(46-30-26-41(27-31-46)38-14-6-2-7-15-38)51-35-34-48(43-16-8-3-9-17-43)50-36-45-25-24-44-18-10-11-19-49(44)52(45)53(50)51/h1-35H,36H2. The smallest absolute Gasteiger partial charge is 0.0543 e. The fourth-order valence-electron chi connectivity index (χ4n) is 8.27. The molecule has 0 bridgehead atoms. The van der Waals surface area contributed by atoms with E-state index in [-0.39, 0.29) is 0 Å². The molecule has 1 aliphatic rings. The predicted octanol–water partition coefficient (Wildman–Crippen LogP) is 14.5. The zero-order valence-corrected chi connectivity index (χ0v) is 29.9. The van der Waals surface area contributed by atoms with Gasteiger partial charge in [-0.25, -0.2) is 0 Å². The summed E-state index contributed by atoms with van der Waals surface area (Å²) in [5.74, 6) is 0. The largest absolute Gasteiger partial charge is 0.310 e. The highest BCUT2D eigenvalue weighted by Gasteiger charge is 2.29. The Bertz CT molecular complexity index is 2730. The van der Waals surface area contributed by atoms with Gasteiger partial charge in [-0.2, -0.15) is 0 Å². The first-order valence-electron chi connectivity index (χ1n) is 18.7. The molecule has 254 valence electrons. The average molecular weight is 688 g/mol. The molecule has 0 aliphatic heterocycles. The highest BCUT2D eigenvalue weighted by Crippen LogP contribution is 2.52. The Kier molecular flexibility index (Phi) is 7.96. The van der Waals surface area contributed by atoms with Gasteiger partial charge in [-0.05, 0) is 109 Å². The Hall–Kier alpha value is -6.96. The van der Waals surface area contributed by atoms with E-state index < -0.39 is 0 Å². The second kappa shape index (κ2) is 13.5. The van der Waals surface area contributed by atoms with Crippen LogP contribution >= 0.6 is 0 Å². The highest BCUT2D eigenvalue weighted by atomic mass is 15.1. The Morgan fingerprint density at radius 1 is 0.315 bits per heavy atom. The van der Waals surface area contributed by atoms with Crippen LogP contribution in [0.15, 0.2) is 212 Å². The third kappa shape index (κ3) is 5.68. The van der Waals surface area contributed by atoms with Crippen LogP contribution in [0.25, 0.3) is 66.4 Å². The van der Waals surface area contributed by atoms with E-state index in [0.717, 1.165) is 17.8 Å². The highest BCUT2D eigenvalue weighted by molar-refractivity contribution is 6.07. The zero-order chi connectivity index (χ0) is 35.8. The third-order valence-corrected chi connectivity index (χ3v) is 10.9. The van der Waals surface area contributed by atoms with Gasteiger partial charge >= 0.3 is 0 Å². The van der Waals surface area contributed by atoms with Crippen molar-refractivity contribution in [1.82, 2.24) is 0 Å². The number of benzene rings is 9. The van der Waals surface area contributed by atoms with Gasteiger partial charge in [0.05, 0.1) is 5.69 Å². The lowest BCUT2D eigenvalue weighted by molar-refractivity contribution is 1.25. The van der Waals surface area contributed by atoms with Crippen LogP contribution in [0.2, 0.25) is 0 Å². The van der Waals surface area contributed by atoms with E-state index in [9.17, 15) is 0 Å². The van der Waals surface area contributed by atoms with Crippen LogP contribution in [0.4, 0.5) is 17.1 Å². The maximum absolute atomic E-state index is 2.46. The summed E-state index contributed by atoms with van der Waals surface area (Å²) in [6.07, 6.45) is 0.895. The van der Waals surface area contributed by atoms with E-state index >= 15 is 0 Å². The monoisotopic (exact) mass is 687 g/mol. The maximum atomic E-state index is 2.46. The molecule has 0 atom stereocenters. The van der Waals surface area contributed by atoms with Gasteiger partial charge in [-0.1, -0.05) is 182 Å². The summed E-state index contributed by atoms with van der Waals surface area (Å²) in [5.41, 5.74) is 18.7. The second-order valence-corrected chi connectivity index (χ2v) is 14.1. The van der Waals surface area contributed by atoms with Crippen LogP contribution in [-0.2, 0) is 6.42 Å². The third-order valence-electron chi connectivity index (χ3n) is 10.9. The fraction of sp³-hybridized carbons (Fsp3) is 0.0189. The molecule has 0 radical (unpaired) electrons. The molecule has 10 rings (SSSR count). The van der Waals surface area contributed by atoms with E-state index in [0.29, 0.717) is 0 Å². The molecular weight excluding hydrogens is 651 g/mol. The fourth-order valence-corrected chi connectivity index (χ4v) is 8.27. The summed E-state index contributed by atoms with van der Waals surface area (Å²) in [6.45, 7) is 0. The molecule has 0 aromatic heterocycles. The molecule has 0 fully saturated rings. The van der Waals surface area contributed by atoms with Crippen LogP contribution in [0.3, 0.4) is 0 Å². The topological polar surface area (TPSA) is 3.24 Å². The van der Waals surface area contributed by atoms with Crippen LogP contribution in [-0.4, -0.2) is 0 Å². The van der Waals surface area contributed by atoms with Crippen LogP contribution in [0.1, 0.15) is 11.1 Å². The van der Waals surface area contributed by atoms with E-state index in [2.05, 4.69) is 217 Å². The first-order valence-corrected chi connectivity index (χ1v) is 18.7. The summed E-state index contributed by atoms with van der Waals surface area (Å²) in [5, 5.41) is 2.57. The Balaban J connectivity index is 1.14. The summed E-state index contributed by atoms with van der Waals surface area (Å²) in [4.78, 5) is 2.46. The summed E-state index contributed by atoms with van der Waals surface area (Å²) >= 11 is 0. The van der Waals surface area contributed by atoms with Gasteiger partial charge in [0.2, 0.25) is 0 Å². The number of fused-ring (bicyclic) bond motifs is 5. The van der Waals surface area contributed by atoms with Crippen molar-refractivity contribution in [1.29, 1.82) is 0 Å². The summed E-state index contributed by atoms with van der Waals surface area (Å²) in [7, 11) is 0. The number of rotatable bonds is 7. The number of hydrogen-bond acceptors (Lipinski definition) is 1. The minimum absolute atomic E-state index is 0.895. The Morgan fingerprint density at radius 2 is 0.759 bits per heavy atom. The minimum atomic E-state index is 0.895. The molecule has 9 aromatic carbocycles. The van der Waals surface area contributed by atoms with Gasteiger partial charge in [0, 0.05) is 16.9 Å². The van der Waals surface area contributed by atoms with Gasteiger partial charge < -0.3 is 4.90 Å². The number of anilines is 3. The van der Waals surface area contributed by atoms with Crippen molar-refractivity contribution in [2.45, 2.75) is 6.42 Å². The van der Waals surface area contributed by atoms with Crippen molar-refractivity contribution in [3.05, 3.63) is 223 Å². The SMILES string of the molecule is c1ccc(-c2ccc(-c3ccc(N(c4ccc(-c5ccccc5)cc4)c4ccc(-c5ccccc5)c5c4-c4c(ccc6ccccc46)C5)cc3)cc2)cc1. The molecule has 54 heavy (non-hydrogen) atoms. The van der Waals surface area contributed by atoms with Gasteiger partial charge in [-0.3, -0.25) is 0 Å². The summed E-state index contributed by atoms with van der Waals surface area (Å²) < 4.78 is 0. The van der Waals surface area contributed by atoms with E-state index in [1.807, 2.05) is 0 Å². The molecule has 1 aliphatic carbocycles. The van der Waals surface area contributed by atoms with Crippen molar-refractivity contribution in [2.24, 2.45) is 0 Å². The molecular formula is C53H37N. The molecule has 0 amide bonds. The van der Waals surface area contributed by atoms with Crippen molar-refractivity contribution >= 4 is 27.8 Å². The number of nitrogens with zero attached hydrogens (tertiary/aromatic N) is 1. The minimum Gasteiger partial charge on any atom is -0.310 e. The van der Waals surface area contributed by atoms with Crippen molar-refractivity contribution in [2.75, 3.05) is 4.90 Å². The molecule has 0 heterocycles. The van der Waals surface area contributed by atoms with E-state index in [1.165, 1.54) is 83.2 Å². The van der Waals surface area contributed by atoms with Gasteiger partial charge in [0.1, 0.15) is 0 Å². The Labute approximate surface area is 317 Å². The second-order valence-electron chi connectivity index (χ2n) is 14.1. The van der Waals surface area contributed by atoms with E-state index in [1.54, 1.807) is 0 Å². The molecule has 1 nitrogen and oxygen atoms in total. The molecule has 0 N–H and O–H groups in total. The predicted molar refractivity (Wildman–Crippen MR) is 229 cm³/mol. The summed E-state index contributed by atoms with van der Waals surface area (Å²) in [6, 6.07) is 77.3. The Morgan fingerprint density at radius 3 is 1.30 bits per heavy atom. The van der Waals surface area contributed by atoms with Gasteiger partial charge in [0.25, 0.3) is 0 Å². The molecule has 0 saturated carbocycles. The normalized spacial score (nSPS) is 11.6. The lowest BCUT2D eigenvalue weighted by Crippen LogP contribution is -2.12. The van der Waals surface area contributed by atoms with Gasteiger partial charge in [0.15, 0.2) is 0 Å². The van der Waals surface area contributed by atoms with Crippen LogP contribution in [0, 0.1) is 0 Å². The molecule has 0 spiro atoms. The molecule has 9 aromatic rings. The first-order chi connectivity index (χ1) is 26.8. The molecule has 1 heteroatoms. The van der Waals surface area contributed by atoms with Crippen molar-refractivity contribution < 1.29 is 0 Å². The quantitative estimate of drug-likeness (QED) is 0.161. The zero-order valence-electron chi connectivity index (χ0n) is 29.9. The van der Waals surface area contributed by atoms with Gasteiger partial charge in [-0.15, -0.1) is 0 Å². The van der Waals surface area contributed by atoms with E-state index in [4.69, 9.17) is 0 Å². The molecule has 0 unspecified atom stereocenters. The number of hydrogen-bond donors (Lipinski definition) is 0. The van der Waals surface area contributed by atoms with Crippen LogP contribution < -0.4 is 4.90 Å². The average Bonchev–Trinajstić information content (AvgIpc) is 3.66. The van der Waals surface area contributed by atoms with Crippen molar-refractivity contribution in [3.63, 3.8) is 0 Å².